The number of rotatable bonds is 9. The van der Waals surface area contributed by atoms with Crippen molar-refractivity contribution in [3.63, 3.8) is 0 Å². The molecule has 0 saturated heterocycles. The molecule has 0 radical (unpaired) electrons. The Morgan fingerprint density at radius 2 is 2.16 bits per heavy atom. The molecule has 108 valence electrons. The lowest BCUT2D eigenvalue weighted by atomic mass is 10.2. The molecule has 4 nitrogen and oxygen atoms in total. The van der Waals surface area contributed by atoms with Crippen LogP contribution in [0.5, 0.6) is 0 Å². The van der Waals surface area contributed by atoms with Gasteiger partial charge in [0, 0.05) is 25.1 Å². The quantitative estimate of drug-likeness (QED) is 0.709. The number of nitrogens with one attached hydrogen (secondary N) is 1. The van der Waals surface area contributed by atoms with Crippen LogP contribution >= 0.6 is 11.3 Å². The molecular weight excluding hydrogens is 262 g/mol. The predicted molar refractivity (Wildman–Crippen MR) is 78.1 cm³/mol. The molecule has 1 heterocycles. The molecular formula is C14H23NO3S. The fraction of sp³-hybridized carbons (Fsp3) is 0.643. The van der Waals surface area contributed by atoms with Crippen LogP contribution in [0.4, 0.5) is 0 Å². The first-order chi connectivity index (χ1) is 9.19. The molecule has 1 amide bonds. The van der Waals surface area contributed by atoms with E-state index in [0.29, 0.717) is 26.4 Å². The maximum Gasteiger partial charge on any atom is 0.261 e. The molecule has 1 aromatic heterocycles. The van der Waals surface area contributed by atoms with Gasteiger partial charge in [-0.3, -0.25) is 4.79 Å². The summed E-state index contributed by atoms with van der Waals surface area (Å²) in [6.45, 7) is 6.67. The Morgan fingerprint density at radius 1 is 1.37 bits per heavy atom. The lowest BCUT2D eigenvalue weighted by molar-refractivity contribution is 0.0688. The van der Waals surface area contributed by atoms with Gasteiger partial charge < -0.3 is 14.8 Å². The fourth-order valence-electron chi connectivity index (χ4n) is 1.69. The third-order valence-electron chi connectivity index (χ3n) is 2.75. The summed E-state index contributed by atoms with van der Waals surface area (Å²) in [7, 11) is 1.65. The van der Waals surface area contributed by atoms with E-state index < -0.39 is 0 Å². The van der Waals surface area contributed by atoms with Crippen LogP contribution in [-0.4, -0.2) is 39.4 Å². The molecule has 5 heteroatoms. The molecule has 1 aromatic rings. The Hall–Kier alpha value is -0.910. The maximum absolute atomic E-state index is 11.9. The van der Waals surface area contributed by atoms with Crippen molar-refractivity contribution >= 4 is 17.2 Å². The normalized spacial score (nSPS) is 10.7. The van der Waals surface area contributed by atoms with Crippen LogP contribution in [-0.2, 0) is 15.9 Å². The number of hydrogen-bond donors (Lipinski definition) is 1. The summed E-state index contributed by atoms with van der Waals surface area (Å²) in [4.78, 5) is 14.0. The van der Waals surface area contributed by atoms with Gasteiger partial charge in [-0.25, -0.2) is 0 Å². The smallest absolute Gasteiger partial charge is 0.261 e. The molecule has 19 heavy (non-hydrogen) atoms. The average Bonchev–Trinajstić information content (AvgIpc) is 2.79. The molecule has 1 rings (SSSR count). The second kappa shape index (κ2) is 9.07. The minimum absolute atomic E-state index is 0.0182. The van der Waals surface area contributed by atoms with E-state index in [9.17, 15) is 4.79 Å². The summed E-state index contributed by atoms with van der Waals surface area (Å²) >= 11 is 1.58. The van der Waals surface area contributed by atoms with Crippen LogP contribution in [0.25, 0.3) is 0 Å². The largest absolute Gasteiger partial charge is 0.382 e. The number of carbonyl (C=O) groups excluding carboxylic acids is 1. The highest BCUT2D eigenvalue weighted by Crippen LogP contribution is 2.22. The third-order valence-corrected chi connectivity index (χ3v) is 4.13. The SMILES string of the molecule is CCc1sc(C(=O)NCCCOCCOC)cc1C. The molecule has 0 saturated carbocycles. The van der Waals surface area contributed by atoms with E-state index in [1.165, 1.54) is 10.4 Å². The number of thiophene rings is 1. The van der Waals surface area contributed by atoms with E-state index in [4.69, 9.17) is 9.47 Å². The summed E-state index contributed by atoms with van der Waals surface area (Å²) in [5, 5.41) is 2.91. The first-order valence-corrected chi connectivity index (χ1v) is 7.44. The van der Waals surface area contributed by atoms with E-state index in [-0.39, 0.29) is 5.91 Å². The first-order valence-electron chi connectivity index (χ1n) is 6.63. The van der Waals surface area contributed by atoms with Crippen molar-refractivity contribution in [3.8, 4) is 0 Å². The van der Waals surface area contributed by atoms with Crippen LogP contribution in [0.2, 0.25) is 0 Å². The number of amides is 1. The van der Waals surface area contributed by atoms with Crippen molar-refractivity contribution in [1.82, 2.24) is 5.32 Å². The van der Waals surface area contributed by atoms with Crippen LogP contribution in [0.3, 0.4) is 0 Å². The predicted octanol–water partition coefficient (Wildman–Crippen LogP) is 2.40. The van der Waals surface area contributed by atoms with Crippen LogP contribution < -0.4 is 5.32 Å². The van der Waals surface area contributed by atoms with Crippen LogP contribution in [0, 0.1) is 6.92 Å². The van der Waals surface area contributed by atoms with E-state index in [1.807, 2.05) is 6.07 Å². The van der Waals surface area contributed by atoms with Crippen LogP contribution in [0.1, 0.15) is 33.5 Å². The van der Waals surface area contributed by atoms with Gasteiger partial charge in [-0.2, -0.15) is 0 Å². The highest BCUT2D eigenvalue weighted by Gasteiger charge is 2.10. The zero-order valence-corrected chi connectivity index (χ0v) is 12.8. The van der Waals surface area contributed by atoms with Crippen molar-refractivity contribution in [3.05, 3.63) is 21.4 Å². The van der Waals surface area contributed by atoms with E-state index in [0.717, 1.165) is 17.7 Å². The minimum atomic E-state index is 0.0182. The van der Waals surface area contributed by atoms with E-state index in [1.54, 1.807) is 18.4 Å². The maximum atomic E-state index is 11.9. The summed E-state index contributed by atoms with van der Waals surface area (Å²) < 4.78 is 10.2. The highest BCUT2D eigenvalue weighted by atomic mass is 32.1. The second-order valence-corrected chi connectivity index (χ2v) is 5.42. The first kappa shape index (κ1) is 16.1. The zero-order chi connectivity index (χ0) is 14.1. The van der Waals surface area contributed by atoms with Crippen LogP contribution in [0.15, 0.2) is 6.07 Å². The summed E-state index contributed by atoms with van der Waals surface area (Å²) in [5.41, 5.74) is 1.21. The number of ether oxygens (including phenoxy) is 2. The molecule has 0 spiro atoms. The van der Waals surface area contributed by atoms with Gasteiger partial charge >= 0.3 is 0 Å². The molecule has 0 atom stereocenters. The van der Waals surface area contributed by atoms with Crippen molar-refractivity contribution in [2.24, 2.45) is 0 Å². The highest BCUT2D eigenvalue weighted by molar-refractivity contribution is 7.14. The molecule has 0 aliphatic rings. The van der Waals surface area contributed by atoms with Crippen molar-refractivity contribution in [2.75, 3.05) is 33.5 Å². The molecule has 0 aliphatic heterocycles. The summed E-state index contributed by atoms with van der Waals surface area (Å²) in [5.74, 6) is 0.0182. The number of carbonyl (C=O) groups is 1. The Labute approximate surface area is 119 Å². The molecule has 1 N–H and O–H groups in total. The van der Waals surface area contributed by atoms with Crippen molar-refractivity contribution in [2.45, 2.75) is 26.7 Å². The summed E-state index contributed by atoms with van der Waals surface area (Å²) in [6, 6.07) is 1.97. The topological polar surface area (TPSA) is 47.6 Å². The standard InChI is InChI=1S/C14H23NO3S/c1-4-12-11(2)10-13(19-12)14(16)15-6-5-7-18-9-8-17-3/h10H,4-9H2,1-3H3,(H,15,16). The molecule has 0 bridgehead atoms. The summed E-state index contributed by atoms with van der Waals surface area (Å²) in [6.07, 6.45) is 1.80. The minimum Gasteiger partial charge on any atom is -0.382 e. The Morgan fingerprint density at radius 3 is 2.79 bits per heavy atom. The number of aryl methyl sites for hydroxylation is 2. The van der Waals surface area contributed by atoms with Crippen molar-refractivity contribution in [1.29, 1.82) is 0 Å². The van der Waals surface area contributed by atoms with Gasteiger partial charge in [0.2, 0.25) is 0 Å². The van der Waals surface area contributed by atoms with E-state index >= 15 is 0 Å². The lowest BCUT2D eigenvalue weighted by Crippen LogP contribution is -2.24. The Bertz CT molecular complexity index is 390. The third kappa shape index (κ3) is 5.72. The van der Waals surface area contributed by atoms with Gasteiger partial charge in [-0.05, 0) is 31.4 Å². The Balaban J connectivity index is 2.20. The lowest BCUT2D eigenvalue weighted by Gasteiger charge is -2.04. The van der Waals surface area contributed by atoms with Gasteiger partial charge in [-0.1, -0.05) is 6.92 Å². The van der Waals surface area contributed by atoms with Gasteiger partial charge in [-0.15, -0.1) is 11.3 Å². The molecule has 0 aliphatic carbocycles. The molecule has 0 aromatic carbocycles. The molecule has 0 fully saturated rings. The van der Waals surface area contributed by atoms with Gasteiger partial charge in [0.15, 0.2) is 0 Å². The van der Waals surface area contributed by atoms with Gasteiger partial charge in [0.25, 0.3) is 5.91 Å². The fourth-order valence-corrected chi connectivity index (χ4v) is 2.72. The zero-order valence-electron chi connectivity index (χ0n) is 12.0. The van der Waals surface area contributed by atoms with Gasteiger partial charge in [0.1, 0.15) is 0 Å². The number of hydrogen-bond acceptors (Lipinski definition) is 4. The Kier molecular flexibility index (Phi) is 7.70. The molecule has 0 unspecified atom stereocenters. The average molecular weight is 285 g/mol. The van der Waals surface area contributed by atoms with Gasteiger partial charge in [0.05, 0.1) is 18.1 Å². The second-order valence-electron chi connectivity index (χ2n) is 4.29. The number of methoxy groups -OCH3 is 1. The monoisotopic (exact) mass is 285 g/mol. The van der Waals surface area contributed by atoms with E-state index in [2.05, 4.69) is 19.2 Å². The van der Waals surface area contributed by atoms with Crippen molar-refractivity contribution < 1.29 is 14.3 Å².